The van der Waals surface area contributed by atoms with Crippen molar-refractivity contribution in [1.82, 2.24) is 0 Å². The SMILES string of the molecule is CCCC1(COCC)CC1. The Balaban J connectivity index is 2.11. The van der Waals surface area contributed by atoms with E-state index in [4.69, 9.17) is 4.74 Å². The van der Waals surface area contributed by atoms with Crippen LogP contribution in [0.5, 0.6) is 0 Å². The van der Waals surface area contributed by atoms with Crippen molar-refractivity contribution in [3.8, 4) is 0 Å². The van der Waals surface area contributed by atoms with Crippen molar-refractivity contribution in [2.75, 3.05) is 13.2 Å². The molecule has 0 aromatic heterocycles. The van der Waals surface area contributed by atoms with Crippen molar-refractivity contribution in [3.63, 3.8) is 0 Å². The van der Waals surface area contributed by atoms with Crippen molar-refractivity contribution in [3.05, 3.63) is 0 Å². The van der Waals surface area contributed by atoms with E-state index in [0.717, 1.165) is 13.2 Å². The maximum atomic E-state index is 5.41. The molecule has 0 radical (unpaired) electrons. The van der Waals surface area contributed by atoms with E-state index < -0.39 is 0 Å². The summed E-state index contributed by atoms with van der Waals surface area (Å²) in [6, 6.07) is 0. The van der Waals surface area contributed by atoms with Crippen LogP contribution >= 0.6 is 0 Å². The quantitative estimate of drug-likeness (QED) is 0.573. The lowest BCUT2D eigenvalue weighted by molar-refractivity contribution is 0.0965. The number of ether oxygens (including phenoxy) is 1. The van der Waals surface area contributed by atoms with E-state index in [9.17, 15) is 0 Å². The lowest BCUT2D eigenvalue weighted by Gasteiger charge is -2.12. The van der Waals surface area contributed by atoms with Crippen LogP contribution in [0.4, 0.5) is 0 Å². The molecule has 0 unspecified atom stereocenters. The number of rotatable bonds is 5. The van der Waals surface area contributed by atoms with Gasteiger partial charge in [-0.3, -0.25) is 0 Å². The van der Waals surface area contributed by atoms with Crippen molar-refractivity contribution in [2.24, 2.45) is 5.41 Å². The summed E-state index contributed by atoms with van der Waals surface area (Å²) in [6.45, 7) is 6.22. The molecule has 1 heteroatoms. The molecule has 0 atom stereocenters. The molecule has 0 aliphatic heterocycles. The van der Waals surface area contributed by atoms with Gasteiger partial charge in [-0.25, -0.2) is 0 Å². The molecule has 1 nitrogen and oxygen atoms in total. The first-order chi connectivity index (χ1) is 4.83. The van der Waals surface area contributed by atoms with E-state index in [0.29, 0.717) is 5.41 Å². The normalized spacial score (nSPS) is 21.0. The zero-order valence-electron chi connectivity index (χ0n) is 7.15. The van der Waals surface area contributed by atoms with E-state index in [1.54, 1.807) is 0 Å². The Hall–Kier alpha value is -0.0400. The molecule has 0 saturated heterocycles. The van der Waals surface area contributed by atoms with Gasteiger partial charge < -0.3 is 4.74 Å². The molecule has 60 valence electrons. The van der Waals surface area contributed by atoms with Crippen molar-refractivity contribution >= 4 is 0 Å². The molecular weight excluding hydrogens is 124 g/mol. The molecule has 0 spiro atoms. The second-order valence-corrected chi connectivity index (χ2v) is 3.39. The molecule has 0 aromatic carbocycles. The Labute approximate surface area is 63.8 Å². The van der Waals surface area contributed by atoms with Gasteiger partial charge in [0.2, 0.25) is 0 Å². The molecule has 1 aliphatic rings. The molecule has 0 N–H and O–H groups in total. The number of hydrogen-bond donors (Lipinski definition) is 0. The van der Waals surface area contributed by atoms with Crippen molar-refractivity contribution < 1.29 is 4.74 Å². The van der Waals surface area contributed by atoms with E-state index in [1.807, 2.05) is 0 Å². The zero-order chi connectivity index (χ0) is 7.45. The minimum Gasteiger partial charge on any atom is -0.381 e. The minimum atomic E-state index is 0.630. The monoisotopic (exact) mass is 142 g/mol. The molecule has 1 aliphatic carbocycles. The van der Waals surface area contributed by atoms with Gasteiger partial charge in [-0.15, -0.1) is 0 Å². The predicted molar refractivity (Wildman–Crippen MR) is 43.1 cm³/mol. The molecule has 1 rings (SSSR count). The van der Waals surface area contributed by atoms with E-state index in [-0.39, 0.29) is 0 Å². The Kier molecular flexibility index (Phi) is 2.72. The molecule has 0 bridgehead atoms. The summed E-state index contributed by atoms with van der Waals surface area (Å²) < 4.78 is 5.41. The highest BCUT2D eigenvalue weighted by Gasteiger charge is 2.41. The van der Waals surface area contributed by atoms with Gasteiger partial charge in [-0.1, -0.05) is 13.3 Å². The molecule has 1 fully saturated rings. The summed E-state index contributed by atoms with van der Waals surface area (Å²) in [5.74, 6) is 0. The Morgan fingerprint density at radius 3 is 2.40 bits per heavy atom. The zero-order valence-corrected chi connectivity index (χ0v) is 7.15. The van der Waals surface area contributed by atoms with Crippen LogP contribution in [0, 0.1) is 5.41 Å². The molecular formula is C9H18O. The summed E-state index contributed by atoms with van der Waals surface area (Å²) in [6.07, 6.45) is 5.49. The third-order valence-corrected chi connectivity index (χ3v) is 2.35. The van der Waals surface area contributed by atoms with Crippen molar-refractivity contribution in [2.45, 2.75) is 39.5 Å². The van der Waals surface area contributed by atoms with Gasteiger partial charge >= 0.3 is 0 Å². The highest BCUT2D eigenvalue weighted by Crippen LogP contribution is 2.49. The highest BCUT2D eigenvalue weighted by molar-refractivity contribution is 4.92. The van der Waals surface area contributed by atoms with Gasteiger partial charge in [0, 0.05) is 6.61 Å². The maximum absolute atomic E-state index is 5.41. The first-order valence-electron chi connectivity index (χ1n) is 4.41. The fraction of sp³-hybridized carbons (Fsp3) is 1.00. The Bertz CT molecular complexity index is 94.9. The molecule has 0 amide bonds. The van der Waals surface area contributed by atoms with E-state index in [2.05, 4.69) is 13.8 Å². The molecule has 0 aromatic rings. The van der Waals surface area contributed by atoms with E-state index in [1.165, 1.54) is 25.7 Å². The Morgan fingerprint density at radius 1 is 1.30 bits per heavy atom. The van der Waals surface area contributed by atoms with Crippen LogP contribution in [0.15, 0.2) is 0 Å². The van der Waals surface area contributed by atoms with Gasteiger partial charge in [-0.2, -0.15) is 0 Å². The third-order valence-electron chi connectivity index (χ3n) is 2.35. The van der Waals surface area contributed by atoms with Crippen LogP contribution in [-0.2, 0) is 4.74 Å². The second-order valence-electron chi connectivity index (χ2n) is 3.39. The Morgan fingerprint density at radius 2 is 2.00 bits per heavy atom. The van der Waals surface area contributed by atoms with Crippen LogP contribution in [0.25, 0.3) is 0 Å². The highest BCUT2D eigenvalue weighted by atomic mass is 16.5. The average Bonchev–Trinajstić information content (AvgIpc) is 2.67. The molecule has 10 heavy (non-hydrogen) atoms. The van der Waals surface area contributed by atoms with Crippen LogP contribution in [-0.4, -0.2) is 13.2 Å². The van der Waals surface area contributed by atoms with Crippen molar-refractivity contribution in [1.29, 1.82) is 0 Å². The predicted octanol–water partition coefficient (Wildman–Crippen LogP) is 2.60. The van der Waals surface area contributed by atoms with Gasteiger partial charge in [-0.05, 0) is 31.6 Å². The fourth-order valence-electron chi connectivity index (χ4n) is 1.49. The number of hydrogen-bond acceptors (Lipinski definition) is 1. The van der Waals surface area contributed by atoms with Gasteiger partial charge in [0.1, 0.15) is 0 Å². The second kappa shape index (κ2) is 3.38. The average molecular weight is 142 g/mol. The largest absolute Gasteiger partial charge is 0.381 e. The summed E-state index contributed by atoms with van der Waals surface area (Å²) in [7, 11) is 0. The fourth-order valence-corrected chi connectivity index (χ4v) is 1.49. The first-order valence-corrected chi connectivity index (χ1v) is 4.41. The summed E-state index contributed by atoms with van der Waals surface area (Å²) >= 11 is 0. The van der Waals surface area contributed by atoms with Gasteiger partial charge in [0.05, 0.1) is 6.61 Å². The van der Waals surface area contributed by atoms with Gasteiger partial charge in [0.15, 0.2) is 0 Å². The van der Waals surface area contributed by atoms with Crippen LogP contribution < -0.4 is 0 Å². The topological polar surface area (TPSA) is 9.23 Å². The summed E-state index contributed by atoms with van der Waals surface area (Å²) in [5.41, 5.74) is 0.630. The molecule has 1 saturated carbocycles. The minimum absolute atomic E-state index is 0.630. The summed E-state index contributed by atoms with van der Waals surface area (Å²) in [4.78, 5) is 0. The van der Waals surface area contributed by atoms with Crippen LogP contribution in [0.3, 0.4) is 0 Å². The summed E-state index contributed by atoms with van der Waals surface area (Å²) in [5, 5.41) is 0. The van der Waals surface area contributed by atoms with Crippen LogP contribution in [0.1, 0.15) is 39.5 Å². The lowest BCUT2D eigenvalue weighted by atomic mass is 10.0. The standard InChI is InChI=1S/C9H18O/c1-3-5-9(6-7-9)8-10-4-2/h3-8H2,1-2H3. The smallest absolute Gasteiger partial charge is 0.0522 e. The van der Waals surface area contributed by atoms with Gasteiger partial charge in [0.25, 0.3) is 0 Å². The first kappa shape index (κ1) is 8.06. The lowest BCUT2D eigenvalue weighted by Crippen LogP contribution is -2.09. The van der Waals surface area contributed by atoms with E-state index >= 15 is 0 Å². The molecule has 0 heterocycles. The third kappa shape index (κ3) is 1.98. The maximum Gasteiger partial charge on any atom is 0.0522 e. The van der Waals surface area contributed by atoms with Crippen LogP contribution in [0.2, 0.25) is 0 Å².